The molecule has 0 saturated carbocycles. The highest BCUT2D eigenvalue weighted by atomic mass is 16.5. The van der Waals surface area contributed by atoms with Gasteiger partial charge in [-0.25, -0.2) is 4.99 Å². The van der Waals surface area contributed by atoms with E-state index in [1.807, 2.05) is 36.4 Å². The van der Waals surface area contributed by atoms with Crippen molar-refractivity contribution in [1.29, 1.82) is 0 Å². The van der Waals surface area contributed by atoms with Gasteiger partial charge in [0, 0.05) is 12.1 Å². The Morgan fingerprint density at radius 1 is 1.31 bits per heavy atom. The third-order valence-corrected chi connectivity index (χ3v) is 5.35. The number of hydrogen-bond donors (Lipinski definition) is 1. The number of aliphatic imine (C=N–C) groups is 1. The molecule has 1 aromatic carbocycles. The highest BCUT2D eigenvalue weighted by Gasteiger charge is 2.18. The Hall–Kier alpha value is -2.66. The molecule has 2 aliphatic rings. The lowest BCUT2D eigenvalue weighted by Gasteiger charge is -2.31. The van der Waals surface area contributed by atoms with Crippen LogP contribution in [0.25, 0.3) is 6.08 Å². The molecule has 0 bridgehead atoms. The molecule has 1 saturated heterocycles. The van der Waals surface area contributed by atoms with Gasteiger partial charge in [0.15, 0.2) is 0 Å². The van der Waals surface area contributed by atoms with Crippen molar-refractivity contribution in [2.75, 3.05) is 26.2 Å². The van der Waals surface area contributed by atoms with E-state index in [2.05, 4.69) is 27.9 Å². The van der Waals surface area contributed by atoms with Crippen LogP contribution in [-0.2, 0) is 4.79 Å². The first-order chi connectivity index (χ1) is 14.2. The zero-order valence-corrected chi connectivity index (χ0v) is 17.3. The van der Waals surface area contributed by atoms with Crippen LogP contribution in [0.1, 0.15) is 38.2 Å². The number of hydrogen-bond acceptors (Lipinski definition) is 4. The van der Waals surface area contributed by atoms with Crippen LogP contribution in [0.4, 0.5) is 0 Å². The molecule has 2 heterocycles. The van der Waals surface area contributed by atoms with Crippen molar-refractivity contribution in [3.05, 3.63) is 60.3 Å². The molecule has 154 valence electrons. The van der Waals surface area contributed by atoms with Crippen LogP contribution >= 0.6 is 0 Å². The Balaban J connectivity index is 1.43. The average molecular weight is 394 g/mol. The first-order valence-corrected chi connectivity index (χ1v) is 10.5. The van der Waals surface area contributed by atoms with Crippen molar-refractivity contribution >= 4 is 17.8 Å². The number of carbonyl (C=O) groups excluding carboxylic acids is 1. The Bertz CT molecular complexity index is 802. The molecule has 1 amide bonds. The first kappa shape index (κ1) is 21.1. The smallest absolute Gasteiger partial charge is 0.275 e. The fourth-order valence-corrected chi connectivity index (χ4v) is 3.75. The minimum atomic E-state index is -0.166. The van der Waals surface area contributed by atoms with Gasteiger partial charge in [-0.05, 0) is 63.8 Å². The second-order valence-corrected chi connectivity index (χ2v) is 7.61. The lowest BCUT2D eigenvalue weighted by Crippen LogP contribution is -2.34. The van der Waals surface area contributed by atoms with E-state index in [4.69, 9.17) is 4.74 Å². The van der Waals surface area contributed by atoms with Crippen molar-refractivity contribution in [3.63, 3.8) is 0 Å². The Labute approximate surface area is 173 Å². The van der Waals surface area contributed by atoms with Crippen LogP contribution in [-0.4, -0.2) is 42.9 Å². The van der Waals surface area contributed by atoms with Crippen molar-refractivity contribution < 1.29 is 9.53 Å². The summed E-state index contributed by atoms with van der Waals surface area (Å²) in [6.07, 6.45) is 12.6. The molecule has 29 heavy (non-hydrogen) atoms. The summed E-state index contributed by atoms with van der Waals surface area (Å²) in [5.74, 6) is 2.05. The molecule has 3 rings (SSSR count). The van der Waals surface area contributed by atoms with Gasteiger partial charge in [0.2, 0.25) is 0 Å². The van der Waals surface area contributed by atoms with Crippen LogP contribution in [0.5, 0.6) is 5.75 Å². The topological polar surface area (TPSA) is 53.9 Å². The summed E-state index contributed by atoms with van der Waals surface area (Å²) in [5.41, 5.74) is 1.30. The lowest BCUT2D eigenvalue weighted by atomic mass is 9.93. The molecule has 0 unspecified atom stereocenters. The summed E-state index contributed by atoms with van der Waals surface area (Å²) in [7, 11) is 0. The zero-order chi connectivity index (χ0) is 20.5. The number of amidine groups is 1. The average Bonchev–Trinajstić information content (AvgIpc) is 3.04. The molecule has 0 radical (unpaired) electrons. The van der Waals surface area contributed by atoms with Crippen molar-refractivity contribution in [2.45, 2.75) is 32.6 Å². The predicted molar refractivity (Wildman–Crippen MR) is 119 cm³/mol. The van der Waals surface area contributed by atoms with Crippen molar-refractivity contribution in [3.8, 4) is 5.75 Å². The van der Waals surface area contributed by atoms with E-state index in [-0.39, 0.29) is 5.91 Å². The Morgan fingerprint density at radius 3 is 2.83 bits per heavy atom. The van der Waals surface area contributed by atoms with Crippen molar-refractivity contribution in [1.82, 2.24) is 10.2 Å². The van der Waals surface area contributed by atoms with E-state index in [0.717, 1.165) is 36.6 Å². The normalized spacial score (nSPS) is 19.6. The lowest BCUT2D eigenvalue weighted by molar-refractivity contribution is -0.115. The highest BCUT2D eigenvalue weighted by Crippen LogP contribution is 2.23. The molecule has 0 aromatic heterocycles. The summed E-state index contributed by atoms with van der Waals surface area (Å²) in [6, 6.07) is 7.78. The minimum absolute atomic E-state index is 0.166. The monoisotopic (exact) mass is 393 g/mol. The zero-order valence-electron chi connectivity index (χ0n) is 17.3. The van der Waals surface area contributed by atoms with Crippen LogP contribution < -0.4 is 10.1 Å². The Morgan fingerprint density at radius 2 is 2.10 bits per heavy atom. The largest absolute Gasteiger partial charge is 0.493 e. The molecular formula is C24H31N3O2. The van der Waals surface area contributed by atoms with Gasteiger partial charge < -0.3 is 15.0 Å². The van der Waals surface area contributed by atoms with Gasteiger partial charge in [-0.1, -0.05) is 43.0 Å². The minimum Gasteiger partial charge on any atom is -0.493 e. The van der Waals surface area contributed by atoms with Crippen LogP contribution in [0.3, 0.4) is 0 Å². The third-order valence-electron chi connectivity index (χ3n) is 5.35. The summed E-state index contributed by atoms with van der Waals surface area (Å²) >= 11 is 0. The number of nitrogens with zero attached hydrogens (tertiary/aromatic N) is 2. The fourth-order valence-electron chi connectivity index (χ4n) is 3.75. The summed E-state index contributed by atoms with van der Waals surface area (Å²) in [6.45, 7) is 9.56. The van der Waals surface area contributed by atoms with E-state index in [0.29, 0.717) is 18.1 Å². The predicted octanol–water partition coefficient (Wildman–Crippen LogP) is 4.19. The molecule has 0 aliphatic carbocycles. The fraction of sp³-hybridized carbons (Fsp3) is 0.417. The Kier molecular flexibility index (Phi) is 7.82. The summed E-state index contributed by atoms with van der Waals surface area (Å²) in [5, 5.41) is 2.70. The summed E-state index contributed by atoms with van der Waals surface area (Å²) in [4.78, 5) is 18.7. The molecule has 5 nitrogen and oxygen atoms in total. The molecule has 5 heteroatoms. The van der Waals surface area contributed by atoms with Crippen LogP contribution in [0.15, 0.2) is 59.8 Å². The van der Waals surface area contributed by atoms with Crippen LogP contribution in [0.2, 0.25) is 0 Å². The maximum Gasteiger partial charge on any atom is 0.275 e. The number of benzene rings is 1. The highest BCUT2D eigenvalue weighted by molar-refractivity contribution is 6.13. The van der Waals surface area contributed by atoms with E-state index in [1.54, 1.807) is 13.0 Å². The number of ether oxygens (including phenoxy) is 1. The van der Waals surface area contributed by atoms with Gasteiger partial charge in [0.25, 0.3) is 5.91 Å². The molecule has 1 N–H and O–H groups in total. The second kappa shape index (κ2) is 10.8. The van der Waals surface area contributed by atoms with Gasteiger partial charge in [0.05, 0.1) is 6.61 Å². The maximum atomic E-state index is 11.9. The SMILES string of the molecule is C=C/C=C/CC1CCN(CCCOc2ccccc2/C=C2\N=C(C)NC2=O)CC1. The first-order valence-electron chi connectivity index (χ1n) is 10.5. The number of carbonyl (C=O) groups is 1. The second-order valence-electron chi connectivity index (χ2n) is 7.61. The molecule has 2 aliphatic heterocycles. The van der Waals surface area contributed by atoms with E-state index < -0.39 is 0 Å². The molecule has 1 fully saturated rings. The third kappa shape index (κ3) is 6.43. The number of allylic oxidation sites excluding steroid dienone is 3. The maximum absolute atomic E-state index is 11.9. The number of nitrogens with one attached hydrogen (secondary N) is 1. The van der Waals surface area contributed by atoms with E-state index in [9.17, 15) is 4.79 Å². The van der Waals surface area contributed by atoms with Crippen molar-refractivity contribution in [2.24, 2.45) is 10.9 Å². The number of likely N-dealkylation sites (tertiary alicyclic amines) is 1. The van der Waals surface area contributed by atoms with E-state index >= 15 is 0 Å². The number of amides is 1. The molecule has 1 aromatic rings. The molecule has 0 spiro atoms. The van der Waals surface area contributed by atoms with Gasteiger partial charge in [0.1, 0.15) is 17.3 Å². The molecular weight excluding hydrogens is 362 g/mol. The number of para-hydroxylation sites is 1. The van der Waals surface area contributed by atoms with Gasteiger partial charge in [-0.15, -0.1) is 0 Å². The standard InChI is InChI=1S/C24H31N3O2/c1-3-4-5-9-20-12-15-27(16-13-20)14-8-17-29-23-11-7-6-10-21(23)18-22-24(28)26-19(2)25-22/h3-7,10-11,18,20H,1,8-9,12-17H2,2H3,(H,25,26,28)/b5-4+,22-18-. The van der Waals surface area contributed by atoms with Gasteiger partial charge in [-0.3, -0.25) is 4.79 Å². The van der Waals surface area contributed by atoms with Gasteiger partial charge >= 0.3 is 0 Å². The van der Waals surface area contributed by atoms with Gasteiger partial charge in [-0.2, -0.15) is 0 Å². The van der Waals surface area contributed by atoms with E-state index in [1.165, 1.54) is 25.9 Å². The van der Waals surface area contributed by atoms with Crippen LogP contribution in [0, 0.1) is 5.92 Å². The quantitative estimate of drug-likeness (QED) is 0.389. The number of rotatable bonds is 9. The molecule has 0 atom stereocenters. The summed E-state index contributed by atoms with van der Waals surface area (Å²) < 4.78 is 6.02. The number of piperidine rings is 1.